The molecule has 3 N–H and O–H groups in total. The minimum Gasteiger partial charge on any atom is -0.487 e. The van der Waals surface area contributed by atoms with Gasteiger partial charge in [-0.25, -0.2) is 0 Å². The van der Waals surface area contributed by atoms with E-state index in [1.807, 2.05) is 30.3 Å². The van der Waals surface area contributed by atoms with Gasteiger partial charge in [-0.05, 0) is 81.0 Å². The molecule has 1 aromatic heterocycles. The molecule has 2 amide bonds. The highest BCUT2D eigenvalue weighted by molar-refractivity contribution is 5.98. The van der Waals surface area contributed by atoms with Crippen molar-refractivity contribution in [3.8, 4) is 5.75 Å². The van der Waals surface area contributed by atoms with Crippen LogP contribution in [0.15, 0.2) is 65.6 Å². The minimum atomic E-state index is -0.898. The summed E-state index contributed by atoms with van der Waals surface area (Å²) in [6, 6.07) is 17.3. The first-order valence-corrected chi connectivity index (χ1v) is 18.5. The zero-order valence-electron chi connectivity index (χ0n) is 28.7. The summed E-state index contributed by atoms with van der Waals surface area (Å²) in [4.78, 5) is 42.1. The van der Waals surface area contributed by atoms with Crippen LogP contribution in [0, 0.1) is 0 Å². The van der Waals surface area contributed by atoms with Gasteiger partial charge in [-0.1, -0.05) is 62.2 Å². The molecule has 1 saturated heterocycles. The molecule has 2 aliphatic carbocycles. The van der Waals surface area contributed by atoms with Crippen LogP contribution >= 0.6 is 0 Å². The van der Waals surface area contributed by atoms with E-state index in [1.165, 1.54) is 10.5 Å². The van der Waals surface area contributed by atoms with Crippen molar-refractivity contribution >= 4 is 17.5 Å². The van der Waals surface area contributed by atoms with Gasteiger partial charge in [-0.2, -0.15) is 0 Å². The number of aliphatic hydroxyl groups excluding tert-OH is 1. The second kappa shape index (κ2) is 14.5. The van der Waals surface area contributed by atoms with Gasteiger partial charge in [0.15, 0.2) is 0 Å². The van der Waals surface area contributed by atoms with Gasteiger partial charge < -0.3 is 29.9 Å². The average molecular weight is 667 g/mol. The molecule has 2 aliphatic heterocycles. The van der Waals surface area contributed by atoms with Crippen LogP contribution in [0.4, 0.5) is 5.69 Å². The summed E-state index contributed by atoms with van der Waals surface area (Å²) >= 11 is 0. The largest absolute Gasteiger partial charge is 0.487 e. The quantitative estimate of drug-likeness (QED) is 0.239. The van der Waals surface area contributed by atoms with Crippen LogP contribution in [0.5, 0.6) is 5.75 Å². The molecule has 9 heteroatoms. The number of ether oxygens (including phenoxy) is 1. The van der Waals surface area contributed by atoms with Gasteiger partial charge in [0.25, 0.3) is 11.5 Å². The van der Waals surface area contributed by atoms with Gasteiger partial charge >= 0.3 is 0 Å². The lowest BCUT2D eigenvalue weighted by atomic mass is 9.85. The molecule has 3 aromatic rings. The second-order valence-electron chi connectivity index (χ2n) is 14.6. The number of carbonyl (C=O) groups is 2. The fourth-order valence-electron chi connectivity index (χ4n) is 8.52. The first kappa shape index (κ1) is 33.5. The van der Waals surface area contributed by atoms with Crippen molar-refractivity contribution in [1.82, 2.24) is 15.2 Å². The Morgan fingerprint density at radius 1 is 1.00 bits per heavy atom. The molecular weight excluding hydrogens is 616 g/mol. The van der Waals surface area contributed by atoms with Crippen LogP contribution in [0.1, 0.15) is 117 Å². The van der Waals surface area contributed by atoms with Crippen LogP contribution < -0.4 is 25.8 Å². The maximum Gasteiger partial charge on any atom is 0.274 e. The molecule has 3 fully saturated rings. The smallest absolute Gasteiger partial charge is 0.274 e. The molecule has 4 aliphatic rings. The van der Waals surface area contributed by atoms with Crippen molar-refractivity contribution in [2.24, 2.45) is 0 Å². The summed E-state index contributed by atoms with van der Waals surface area (Å²) in [5, 5.41) is 18.7. The molecule has 0 radical (unpaired) electrons. The lowest BCUT2D eigenvalue weighted by molar-refractivity contribution is -0.117. The van der Waals surface area contributed by atoms with E-state index < -0.39 is 12.1 Å². The third-order valence-electron chi connectivity index (χ3n) is 11.3. The lowest BCUT2D eigenvalue weighted by Crippen LogP contribution is -2.50. The highest BCUT2D eigenvalue weighted by atomic mass is 16.5. The van der Waals surface area contributed by atoms with E-state index in [1.54, 1.807) is 16.8 Å². The zero-order chi connectivity index (χ0) is 34.0. The van der Waals surface area contributed by atoms with Gasteiger partial charge in [-0.3, -0.25) is 14.4 Å². The number of nitrogens with one attached hydrogen (secondary N) is 2. The topological polar surface area (TPSA) is 113 Å². The summed E-state index contributed by atoms with van der Waals surface area (Å²) in [6.07, 6.45) is 12.2. The SMILES string of the molecule is CCc1ccc2c(c1)C(NC[C@@H](O)[C@H](Cc1ccccc1)NC(=O)c1cc(N3CCCC3=O)c(=O)n(C3CCCC3)c1)CC1(CCCC1)O2. The minimum absolute atomic E-state index is 0.00495. The fourth-order valence-corrected chi connectivity index (χ4v) is 8.52. The maximum atomic E-state index is 14.1. The summed E-state index contributed by atoms with van der Waals surface area (Å²) in [5.74, 6) is 0.473. The van der Waals surface area contributed by atoms with Crippen LogP contribution in [-0.2, 0) is 17.6 Å². The molecule has 1 spiro atoms. The Morgan fingerprint density at radius 3 is 2.49 bits per heavy atom. The summed E-state index contributed by atoms with van der Waals surface area (Å²) in [5.41, 5.74) is 3.58. The predicted octanol–water partition coefficient (Wildman–Crippen LogP) is 5.78. The van der Waals surface area contributed by atoms with E-state index in [2.05, 4.69) is 35.8 Å². The van der Waals surface area contributed by atoms with Crippen LogP contribution in [0.2, 0.25) is 0 Å². The van der Waals surface area contributed by atoms with Crippen molar-refractivity contribution in [3.63, 3.8) is 0 Å². The van der Waals surface area contributed by atoms with Gasteiger partial charge in [0, 0.05) is 49.8 Å². The Hall–Kier alpha value is -3.95. The number of aryl methyl sites for hydroxylation is 1. The molecule has 1 unspecified atom stereocenters. The molecule has 2 aromatic carbocycles. The van der Waals surface area contributed by atoms with Crippen molar-refractivity contribution < 1.29 is 19.4 Å². The van der Waals surface area contributed by atoms with Gasteiger partial charge in [0.2, 0.25) is 5.91 Å². The fraction of sp³-hybridized carbons (Fsp3) is 0.525. The summed E-state index contributed by atoms with van der Waals surface area (Å²) < 4.78 is 8.32. The molecule has 0 bridgehead atoms. The summed E-state index contributed by atoms with van der Waals surface area (Å²) in [7, 11) is 0. The number of rotatable bonds is 11. The normalized spacial score (nSPS) is 21.5. The van der Waals surface area contributed by atoms with E-state index in [0.717, 1.165) is 81.1 Å². The Bertz CT molecular complexity index is 1710. The Labute approximate surface area is 289 Å². The first-order valence-electron chi connectivity index (χ1n) is 18.5. The number of fused-ring (bicyclic) bond motifs is 1. The number of pyridine rings is 1. The molecule has 7 rings (SSSR count). The van der Waals surface area contributed by atoms with E-state index in [9.17, 15) is 19.5 Å². The number of anilines is 1. The number of benzene rings is 2. The van der Waals surface area contributed by atoms with E-state index in [4.69, 9.17) is 4.74 Å². The van der Waals surface area contributed by atoms with Crippen molar-refractivity contribution in [3.05, 3.63) is 93.4 Å². The molecule has 3 heterocycles. The van der Waals surface area contributed by atoms with Crippen molar-refractivity contribution in [1.29, 1.82) is 0 Å². The van der Waals surface area contributed by atoms with Gasteiger partial charge in [-0.15, -0.1) is 0 Å². The third kappa shape index (κ3) is 7.19. The Morgan fingerprint density at radius 2 is 1.78 bits per heavy atom. The van der Waals surface area contributed by atoms with Gasteiger partial charge in [0.05, 0.1) is 17.7 Å². The van der Waals surface area contributed by atoms with Gasteiger partial charge in [0.1, 0.15) is 17.0 Å². The number of aromatic nitrogens is 1. The molecule has 49 heavy (non-hydrogen) atoms. The van der Waals surface area contributed by atoms with Crippen molar-refractivity contribution in [2.75, 3.05) is 18.0 Å². The number of hydrogen-bond acceptors (Lipinski definition) is 6. The molecular formula is C40H50N4O5. The highest BCUT2D eigenvalue weighted by Gasteiger charge is 2.43. The number of nitrogens with zero attached hydrogens (tertiary/aromatic N) is 2. The standard InChI is InChI=1S/C40H50N4O5/c1-2-27-16-17-36-31(21-27)33(24-40(49-36)18-8-9-19-40)41-25-35(45)32(22-28-11-4-3-5-12-28)42-38(47)29-23-34(43-20-10-15-37(43)46)39(48)44(26-29)30-13-6-7-14-30/h3-5,11-12,16-17,21,23,26,30,32-33,35,41,45H,2,6-10,13-15,18-20,22,24-25H2,1H3,(H,42,47)/t32-,33?,35+/m0/s1. The third-order valence-corrected chi connectivity index (χ3v) is 11.3. The van der Waals surface area contributed by atoms with Crippen LogP contribution in [0.25, 0.3) is 0 Å². The molecule has 2 saturated carbocycles. The Kier molecular flexibility index (Phi) is 9.92. The zero-order valence-corrected chi connectivity index (χ0v) is 28.7. The average Bonchev–Trinajstić information content (AvgIpc) is 3.91. The van der Waals surface area contributed by atoms with E-state index in [0.29, 0.717) is 31.4 Å². The van der Waals surface area contributed by atoms with Crippen molar-refractivity contribution in [2.45, 2.75) is 120 Å². The van der Waals surface area contributed by atoms with E-state index in [-0.39, 0.29) is 47.3 Å². The highest BCUT2D eigenvalue weighted by Crippen LogP contribution is 2.47. The number of aliphatic hydroxyl groups is 1. The molecule has 260 valence electrons. The summed E-state index contributed by atoms with van der Waals surface area (Å²) in [6.45, 7) is 2.91. The Balaban J connectivity index is 1.14. The molecule has 9 nitrogen and oxygen atoms in total. The number of hydrogen-bond donors (Lipinski definition) is 3. The number of carbonyl (C=O) groups excluding carboxylic acids is 2. The van der Waals surface area contributed by atoms with Crippen LogP contribution in [0.3, 0.4) is 0 Å². The monoisotopic (exact) mass is 666 g/mol. The molecule has 3 atom stereocenters. The maximum absolute atomic E-state index is 14.1. The van der Waals surface area contributed by atoms with Crippen LogP contribution in [-0.4, -0.2) is 52.3 Å². The first-order chi connectivity index (χ1) is 23.8. The number of amides is 2. The predicted molar refractivity (Wildman–Crippen MR) is 190 cm³/mol. The van der Waals surface area contributed by atoms with E-state index >= 15 is 0 Å². The second-order valence-corrected chi connectivity index (χ2v) is 14.6. The lowest BCUT2D eigenvalue weighted by Gasteiger charge is -2.41.